The molecule has 1 aromatic heterocycles. The number of aromatic amines is 1. The number of nitrogens with zero attached hydrogens (tertiary/aromatic N) is 1. The van der Waals surface area contributed by atoms with Gasteiger partial charge in [-0.2, -0.15) is 31.3 Å². The van der Waals surface area contributed by atoms with Crippen molar-refractivity contribution in [3.63, 3.8) is 0 Å². The van der Waals surface area contributed by atoms with Gasteiger partial charge in [0.25, 0.3) is 0 Å². The third-order valence-corrected chi connectivity index (χ3v) is 3.47. The average molecular weight is 416 g/mol. The molecule has 0 spiro atoms. The van der Waals surface area contributed by atoms with E-state index in [1.54, 1.807) is 0 Å². The summed E-state index contributed by atoms with van der Waals surface area (Å²) in [6, 6.07) is 8.75. The van der Waals surface area contributed by atoms with Crippen molar-refractivity contribution >= 4 is 0 Å². The summed E-state index contributed by atoms with van der Waals surface area (Å²) in [6.07, 6.45) is -9.19. The molecule has 11 heteroatoms. The lowest BCUT2D eigenvalue weighted by molar-refractivity contribution is -0.138. The largest absolute Gasteiger partial charge is 0.441 e. The van der Waals surface area contributed by atoms with E-state index in [4.69, 9.17) is 9.47 Å². The molecule has 1 heterocycles. The van der Waals surface area contributed by atoms with Crippen molar-refractivity contribution in [2.75, 3.05) is 0 Å². The minimum Gasteiger partial charge on any atom is -0.441 e. The second-order valence-corrected chi connectivity index (χ2v) is 5.64. The number of hydrogen-bond acceptors (Lipinski definition) is 4. The third kappa shape index (κ3) is 5.27. The highest BCUT2D eigenvalue weighted by atomic mass is 19.4. The van der Waals surface area contributed by atoms with Crippen molar-refractivity contribution in [3.8, 4) is 23.3 Å². The molecule has 0 fully saturated rings. The first kappa shape index (κ1) is 20.2. The van der Waals surface area contributed by atoms with Crippen molar-refractivity contribution in [2.24, 2.45) is 0 Å². The molecule has 0 amide bonds. The molecule has 0 aliphatic rings. The molecular formula is C18H10F6N2O3. The fraction of sp³-hybridized carbons (Fsp3) is 0.111. The lowest BCUT2D eigenvalue weighted by atomic mass is 10.2. The van der Waals surface area contributed by atoms with Crippen LogP contribution in [0.15, 0.2) is 59.4 Å². The van der Waals surface area contributed by atoms with E-state index in [-0.39, 0.29) is 17.4 Å². The summed E-state index contributed by atoms with van der Waals surface area (Å²) in [5, 5.41) is 0. The first-order valence-corrected chi connectivity index (χ1v) is 7.82. The monoisotopic (exact) mass is 416 g/mol. The van der Waals surface area contributed by atoms with Crippen LogP contribution < -0.4 is 15.2 Å². The van der Waals surface area contributed by atoms with E-state index in [1.807, 2.05) is 0 Å². The fourth-order valence-electron chi connectivity index (χ4n) is 2.24. The summed E-state index contributed by atoms with van der Waals surface area (Å²) in [4.78, 5) is 17.2. The highest BCUT2D eigenvalue weighted by molar-refractivity contribution is 5.36. The molecule has 0 atom stereocenters. The van der Waals surface area contributed by atoms with E-state index in [0.29, 0.717) is 12.1 Å². The number of hydrogen-bond donors (Lipinski definition) is 1. The lowest BCUT2D eigenvalue weighted by Gasteiger charge is -2.11. The Morgan fingerprint density at radius 2 is 1.28 bits per heavy atom. The summed E-state index contributed by atoms with van der Waals surface area (Å²) >= 11 is 0. The first-order valence-electron chi connectivity index (χ1n) is 7.82. The van der Waals surface area contributed by atoms with E-state index in [2.05, 4.69) is 9.97 Å². The van der Waals surface area contributed by atoms with Crippen LogP contribution in [-0.4, -0.2) is 9.97 Å². The van der Waals surface area contributed by atoms with Crippen LogP contribution in [0.3, 0.4) is 0 Å². The minimum atomic E-state index is -4.60. The zero-order valence-electron chi connectivity index (χ0n) is 14.1. The number of H-pyrrole nitrogens is 1. The summed E-state index contributed by atoms with van der Waals surface area (Å²) in [7, 11) is 0. The lowest BCUT2D eigenvalue weighted by Crippen LogP contribution is -2.12. The molecule has 5 nitrogen and oxygen atoms in total. The number of rotatable bonds is 4. The Bertz CT molecular complexity index is 995. The molecule has 29 heavy (non-hydrogen) atoms. The van der Waals surface area contributed by atoms with E-state index in [0.717, 1.165) is 30.3 Å². The van der Waals surface area contributed by atoms with Crippen LogP contribution in [0.2, 0.25) is 0 Å². The van der Waals surface area contributed by atoms with Crippen molar-refractivity contribution in [2.45, 2.75) is 12.4 Å². The van der Waals surface area contributed by atoms with Gasteiger partial charge in [-0.25, -0.2) is 4.79 Å². The van der Waals surface area contributed by atoms with Crippen molar-refractivity contribution < 1.29 is 35.8 Å². The molecular weight excluding hydrogens is 406 g/mol. The number of halogens is 6. The smallest absolute Gasteiger partial charge is 0.416 e. The van der Waals surface area contributed by atoms with E-state index in [1.165, 1.54) is 12.1 Å². The highest BCUT2D eigenvalue weighted by Gasteiger charge is 2.31. The molecule has 0 saturated carbocycles. The predicted molar refractivity (Wildman–Crippen MR) is 87.9 cm³/mol. The van der Waals surface area contributed by atoms with Gasteiger partial charge in [0.05, 0.1) is 17.2 Å². The van der Waals surface area contributed by atoms with Crippen LogP contribution in [0.1, 0.15) is 11.1 Å². The van der Waals surface area contributed by atoms with Gasteiger partial charge in [0.15, 0.2) is 0 Å². The van der Waals surface area contributed by atoms with E-state index < -0.39 is 35.0 Å². The SMILES string of the molecule is O=c1nc(Oc2cccc(C(F)(F)F)c2)cc(Oc2cccc(C(F)(F)F)c2)[nH]1. The van der Waals surface area contributed by atoms with Crippen LogP contribution in [0.25, 0.3) is 0 Å². The van der Waals surface area contributed by atoms with Crippen LogP contribution in [-0.2, 0) is 12.4 Å². The number of aromatic nitrogens is 2. The van der Waals surface area contributed by atoms with E-state index >= 15 is 0 Å². The maximum Gasteiger partial charge on any atom is 0.416 e. The molecule has 2 aromatic carbocycles. The molecule has 3 aromatic rings. The summed E-state index contributed by atoms with van der Waals surface area (Å²) in [6.45, 7) is 0. The van der Waals surface area contributed by atoms with Gasteiger partial charge >= 0.3 is 18.0 Å². The van der Waals surface area contributed by atoms with Crippen molar-refractivity contribution in [1.29, 1.82) is 0 Å². The highest BCUT2D eigenvalue weighted by Crippen LogP contribution is 2.34. The van der Waals surface area contributed by atoms with Gasteiger partial charge in [-0.05, 0) is 36.4 Å². The van der Waals surface area contributed by atoms with Crippen LogP contribution in [0.4, 0.5) is 26.3 Å². The Balaban J connectivity index is 1.85. The quantitative estimate of drug-likeness (QED) is 0.579. The Hall–Kier alpha value is -3.50. The Morgan fingerprint density at radius 3 is 1.79 bits per heavy atom. The normalized spacial score (nSPS) is 11.9. The fourth-order valence-corrected chi connectivity index (χ4v) is 2.24. The number of alkyl halides is 6. The van der Waals surface area contributed by atoms with Gasteiger partial charge in [0, 0.05) is 0 Å². The van der Waals surface area contributed by atoms with Gasteiger partial charge in [0.1, 0.15) is 11.5 Å². The predicted octanol–water partition coefficient (Wildman–Crippen LogP) is 5.39. The second-order valence-electron chi connectivity index (χ2n) is 5.64. The first-order chi connectivity index (χ1) is 13.5. The summed E-state index contributed by atoms with van der Waals surface area (Å²) < 4.78 is 87.0. The van der Waals surface area contributed by atoms with Gasteiger partial charge in [0.2, 0.25) is 11.8 Å². The maximum atomic E-state index is 12.8. The second kappa shape index (κ2) is 7.49. The van der Waals surface area contributed by atoms with Gasteiger partial charge in [-0.15, -0.1) is 0 Å². The van der Waals surface area contributed by atoms with Gasteiger partial charge in [-0.3, -0.25) is 4.98 Å². The molecule has 0 aliphatic carbocycles. The number of ether oxygens (including phenoxy) is 2. The number of benzene rings is 2. The Labute approximate surface area is 158 Å². The molecule has 0 aliphatic heterocycles. The molecule has 152 valence electrons. The zero-order chi connectivity index (χ0) is 21.2. The van der Waals surface area contributed by atoms with Crippen molar-refractivity contribution in [3.05, 3.63) is 76.2 Å². The topological polar surface area (TPSA) is 64.2 Å². The van der Waals surface area contributed by atoms with Crippen LogP contribution in [0, 0.1) is 0 Å². The van der Waals surface area contributed by atoms with Crippen molar-refractivity contribution in [1.82, 2.24) is 9.97 Å². The van der Waals surface area contributed by atoms with Crippen LogP contribution in [0.5, 0.6) is 23.3 Å². The minimum absolute atomic E-state index is 0.230. The third-order valence-electron chi connectivity index (χ3n) is 3.47. The summed E-state index contributed by atoms with van der Waals surface area (Å²) in [5.41, 5.74) is -2.91. The molecule has 3 rings (SSSR count). The Kier molecular flexibility index (Phi) is 5.23. The zero-order valence-corrected chi connectivity index (χ0v) is 14.1. The molecule has 1 N–H and O–H groups in total. The summed E-state index contributed by atoms with van der Waals surface area (Å²) in [5.74, 6) is -1.20. The van der Waals surface area contributed by atoms with Crippen LogP contribution >= 0.6 is 0 Å². The standard InChI is InChI=1S/C18H10F6N2O3/c19-17(20,21)10-3-1-5-12(7-10)28-14-9-15(26-16(27)25-14)29-13-6-2-4-11(8-13)18(22,23)24/h1-9H,(H,25,26,27). The molecule has 0 saturated heterocycles. The number of nitrogens with one attached hydrogen (secondary N) is 1. The molecule has 0 radical (unpaired) electrons. The molecule has 0 unspecified atom stereocenters. The van der Waals surface area contributed by atoms with Gasteiger partial charge < -0.3 is 9.47 Å². The van der Waals surface area contributed by atoms with E-state index in [9.17, 15) is 31.1 Å². The Morgan fingerprint density at radius 1 is 0.759 bits per heavy atom. The van der Waals surface area contributed by atoms with Gasteiger partial charge in [-0.1, -0.05) is 12.1 Å². The average Bonchev–Trinajstić information content (AvgIpc) is 2.60. The molecule has 0 bridgehead atoms. The maximum absolute atomic E-state index is 12.8.